The molecule has 0 aliphatic rings. The van der Waals surface area contributed by atoms with Gasteiger partial charge in [-0.2, -0.15) is 0 Å². The van der Waals surface area contributed by atoms with Gasteiger partial charge in [-0.3, -0.25) is 0 Å². The van der Waals surface area contributed by atoms with Crippen LogP contribution in [-0.2, 0) is 6.42 Å². The quantitative estimate of drug-likeness (QED) is 0.280. The van der Waals surface area contributed by atoms with Crippen molar-refractivity contribution in [2.75, 3.05) is 0 Å². The molecule has 0 heterocycles. The number of hydrogen-bond donors (Lipinski definition) is 0. The van der Waals surface area contributed by atoms with E-state index in [1.165, 1.54) is 6.07 Å². The van der Waals surface area contributed by atoms with Crippen LogP contribution in [0.4, 0.5) is 13.2 Å². The maximum Gasteiger partial charge on any atom is 0.167 e. The molecule has 0 aliphatic heterocycles. The third-order valence-electron chi connectivity index (χ3n) is 5.59. The molecule has 0 N–H and O–H groups in total. The summed E-state index contributed by atoms with van der Waals surface area (Å²) in [5.41, 5.74) is 5.08. The first-order chi connectivity index (χ1) is 15.5. The van der Waals surface area contributed by atoms with Crippen molar-refractivity contribution >= 4 is 12.2 Å². The second-order valence-corrected chi connectivity index (χ2v) is 7.81. The van der Waals surface area contributed by atoms with Crippen LogP contribution in [0.15, 0.2) is 78.9 Å². The van der Waals surface area contributed by atoms with Crippen LogP contribution in [0.3, 0.4) is 0 Å². The van der Waals surface area contributed by atoms with Gasteiger partial charge in [0.2, 0.25) is 0 Å². The summed E-state index contributed by atoms with van der Waals surface area (Å²) in [5.74, 6) is -1.93. The second-order valence-electron chi connectivity index (χ2n) is 7.81. The van der Waals surface area contributed by atoms with E-state index in [4.69, 9.17) is 0 Å². The first kappa shape index (κ1) is 21.6. The molecule has 0 bridgehead atoms. The van der Waals surface area contributed by atoms with E-state index in [1.54, 1.807) is 42.5 Å². The molecule has 0 saturated heterocycles. The Labute approximate surface area is 186 Å². The predicted molar refractivity (Wildman–Crippen MR) is 127 cm³/mol. The van der Waals surface area contributed by atoms with Crippen molar-refractivity contribution in [1.82, 2.24) is 0 Å². The number of benzene rings is 4. The Morgan fingerprint density at radius 2 is 1.12 bits per heavy atom. The Balaban J connectivity index is 1.57. The highest BCUT2D eigenvalue weighted by molar-refractivity contribution is 5.74. The Kier molecular flexibility index (Phi) is 6.27. The molecule has 3 heteroatoms. The van der Waals surface area contributed by atoms with Crippen molar-refractivity contribution in [3.63, 3.8) is 0 Å². The highest BCUT2D eigenvalue weighted by Crippen LogP contribution is 2.32. The Morgan fingerprint density at radius 3 is 1.66 bits per heavy atom. The molecule has 160 valence electrons. The van der Waals surface area contributed by atoms with Gasteiger partial charge in [0.1, 0.15) is 5.82 Å². The fraction of sp³-hybridized carbons (Fsp3) is 0.103. The summed E-state index contributed by atoms with van der Waals surface area (Å²) in [5, 5.41) is 0. The van der Waals surface area contributed by atoms with Gasteiger partial charge in [-0.1, -0.05) is 97.4 Å². The van der Waals surface area contributed by atoms with Crippen molar-refractivity contribution in [2.24, 2.45) is 0 Å². The van der Waals surface area contributed by atoms with Crippen LogP contribution in [-0.4, -0.2) is 0 Å². The molecule has 0 aliphatic carbocycles. The van der Waals surface area contributed by atoms with Gasteiger partial charge in [0.15, 0.2) is 11.6 Å². The molecule has 0 nitrogen and oxygen atoms in total. The average Bonchev–Trinajstić information content (AvgIpc) is 2.81. The first-order valence-electron chi connectivity index (χ1n) is 10.6. The van der Waals surface area contributed by atoms with Crippen molar-refractivity contribution in [1.29, 1.82) is 0 Å². The standard InChI is InChI=1S/C29H23F3/c1-3-22-13-10-21(18-27(22)30)7-6-20-8-14-24(15-9-20)26-17-16-25(28(31)29(26)32)23-11-4-19(2)5-12-23/h4-18H,3H2,1-2H3. The second kappa shape index (κ2) is 9.27. The van der Waals surface area contributed by atoms with E-state index < -0.39 is 11.6 Å². The summed E-state index contributed by atoms with van der Waals surface area (Å²) in [6.45, 7) is 3.86. The van der Waals surface area contributed by atoms with Gasteiger partial charge >= 0.3 is 0 Å². The fourth-order valence-corrected chi connectivity index (χ4v) is 3.65. The molecule has 0 aromatic heterocycles. The maximum absolute atomic E-state index is 14.9. The monoisotopic (exact) mass is 428 g/mol. The SMILES string of the molecule is CCc1ccc(C=Cc2ccc(-c3ccc(-c4ccc(C)cc4)c(F)c3F)cc2)cc1F. The normalized spacial score (nSPS) is 11.3. The van der Waals surface area contributed by atoms with Crippen LogP contribution in [0, 0.1) is 24.4 Å². The zero-order valence-corrected chi connectivity index (χ0v) is 18.0. The highest BCUT2D eigenvalue weighted by Gasteiger charge is 2.15. The maximum atomic E-state index is 14.9. The number of rotatable bonds is 5. The van der Waals surface area contributed by atoms with Crippen molar-refractivity contribution in [2.45, 2.75) is 20.3 Å². The number of aryl methyl sites for hydroxylation is 2. The lowest BCUT2D eigenvalue weighted by molar-refractivity contribution is 0.514. The minimum absolute atomic E-state index is 0.211. The summed E-state index contributed by atoms with van der Waals surface area (Å²) in [6.07, 6.45) is 4.34. The van der Waals surface area contributed by atoms with Gasteiger partial charge in [0.25, 0.3) is 0 Å². The molecule has 32 heavy (non-hydrogen) atoms. The van der Waals surface area contributed by atoms with Gasteiger partial charge in [-0.05, 0) is 47.2 Å². The average molecular weight is 428 g/mol. The number of hydrogen-bond acceptors (Lipinski definition) is 0. The molecular formula is C29H23F3. The third kappa shape index (κ3) is 4.52. The predicted octanol–water partition coefficient (Wildman–Crippen LogP) is 8.48. The van der Waals surface area contributed by atoms with E-state index in [0.29, 0.717) is 23.1 Å². The highest BCUT2D eigenvalue weighted by atomic mass is 19.2. The fourth-order valence-electron chi connectivity index (χ4n) is 3.65. The van der Waals surface area contributed by atoms with Crippen LogP contribution in [0.2, 0.25) is 0 Å². The smallest absolute Gasteiger partial charge is 0.167 e. The molecule has 0 atom stereocenters. The third-order valence-corrected chi connectivity index (χ3v) is 5.59. The lowest BCUT2D eigenvalue weighted by Gasteiger charge is -2.10. The van der Waals surface area contributed by atoms with E-state index >= 15 is 0 Å². The molecule has 4 aromatic rings. The van der Waals surface area contributed by atoms with Gasteiger partial charge < -0.3 is 0 Å². The molecular weight excluding hydrogens is 405 g/mol. The first-order valence-corrected chi connectivity index (χ1v) is 10.6. The van der Waals surface area contributed by atoms with Crippen molar-refractivity contribution in [3.8, 4) is 22.3 Å². The van der Waals surface area contributed by atoms with E-state index in [0.717, 1.165) is 16.7 Å². The molecule has 0 saturated carbocycles. The van der Waals surface area contributed by atoms with Gasteiger partial charge in [0.05, 0.1) is 0 Å². The van der Waals surface area contributed by atoms with Crippen LogP contribution >= 0.6 is 0 Å². The van der Waals surface area contributed by atoms with Crippen LogP contribution in [0.1, 0.15) is 29.2 Å². The Bertz CT molecular complexity index is 1270. The van der Waals surface area contributed by atoms with Crippen LogP contribution in [0.25, 0.3) is 34.4 Å². The number of halogens is 3. The molecule has 0 unspecified atom stereocenters. The lowest BCUT2D eigenvalue weighted by Crippen LogP contribution is -1.94. The summed E-state index contributed by atoms with van der Waals surface area (Å²) in [6, 6.07) is 22.9. The van der Waals surface area contributed by atoms with Gasteiger partial charge in [-0.25, -0.2) is 13.2 Å². The van der Waals surface area contributed by atoms with E-state index in [1.807, 2.05) is 56.3 Å². The zero-order valence-electron chi connectivity index (χ0n) is 18.0. The zero-order chi connectivity index (χ0) is 22.7. The van der Waals surface area contributed by atoms with E-state index in [2.05, 4.69) is 0 Å². The lowest BCUT2D eigenvalue weighted by atomic mass is 9.97. The van der Waals surface area contributed by atoms with Gasteiger partial charge in [0, 0.05) is 11.1 Å². The summed E-state index contributed by atoms with van der Waals surface area (Å²) < 4.78 is 43.6. The van der Waals surface area contributed by atoms with E-state index in [-0.39, 0.29) is 16.9 Å². The topological polar surface area (TPSA) is 0 Å². The van der Waals surface area contributed by atoms with Crippen molar-refractivity contribution < 1.29 is 13.2 Å². The molecule has 4 rings (SSSR count). The molecule has 0 amide bonds. The van der Waals surface area contributed by atoms with Crippen molar-refractivity contribution in [3.05, 3.63) is 119 Å². The van der Waals surface area contributed by atoms with Gasteiger partial charge in [-0.15, -0.1) is 0 Å². The summed E-state index contributed by atoms with van der Waals surface area (Å²) >= 11 is 0. The van der Waals surface area contributed by atoms with Crippen LogP contribution in [0.5, 0.6) is 0 Å². The Morgan fingerprint density at radius 1 is 0.625 bits per heavy atom. The summed E-state index contributed by atoms with van der Waals surface area (Å²) in [7, 11) is 0. The molecule has 0 fully saturated rings. The molecule has 0 radical (unpaired) electrons. The molecule has 0 spiro atoms. The summed E-state index contributed by atoms with van der Waals surface area (Å²) in [4.78, 5) is 0. The van der Waals surface area contributed by atoms with Crippen LogP contribution < -0.4 is 0 Å². The van der Waals surface area contributed by atoms with E-state index in [9.17, 15) is 13.2 Å². The largest absolute Gasteiger partial charge is 0.207 e. The Hall–Kier alpha value is -3.59. The minimum atomic E-state index is -0.863. The molecule has 4 aromatic carbocycles. The minimum Gasteiger partial charge on any atom is -0.207 e.